The van der Waals surface area contributed by atoms with Crippen LogP contribution >= 0.6 is 0 Å². The van der Waals surface area contributed by atoms with Gasteiger partial charge < -0.3 is 15.2 Å². The zero-order valence-electron chi connectivity index (χ0n) is 11.1. The molecule has 2 rings (SSSR count). The minimum atomic E-state index is -0.598. The summed E-state index contributed by atoms with van der Waals surface area (Å²) in [5.41, 5.74) is 2.81. The van der Waals surface area contributed by atoms with Crippen LogP contribution in [0.4, 0.5) is 5.69 Å². The molecule has 1 heterocycles. The van der Waals surface area contributed by atoms with E-state index in [-0.39, 0.29) is 0 Å². The number of benzene rings is 1. The summed E-state index contributed by atoms with van der Waals surface area (Å²) >= 11 is 0. The molecule has 0 aliphatic heterocycles. The first-order valence-electron chi connectivity index (χ1n) is 6.17. The van der Waals surface area contributed by atoms with Crippen LogP contribution in [0.2, 0.25) is 0 Å². The molecule has 1 aromatic heterocycles. The third-order valence-corrected chi connectivity index (χ3v) is 2.91. The van der Waals surface area contributed by atoms with Crippen LogP contribution in [-0.2, 0) is 0 Å². The second-order valence-electron chi connectivity index (χ2n) is 4.39. The van der Waals surface area contributed by atoms with E-state index < -0.39 is 6.10 Å². The van der Waals surface area contributed by atoms with Gasteiger partial charge in [0.1, 0.15) is 5.75 Å². The van der Waals surface area contributed by atoms with Crippen molar-refractivity contribution in [3.05, 3.63) is 53.9 Å². The van der Waals surface area contributed by atoms with Crippen molar-refractivity contribution in [3.8, 4) is 5.75 Å². The van der Waals surface area contributed by atoms with Gasteiger partial charge in [-0.3, -0.25) is 4.98 Å². The predicted molar refractivity (Wildman–Crippen MR) is 75.4 cm³/mol. The number of ether oxygens (including phenoxy) is 1. The van der Waals surface area contributed by atoms with Gasteiger partial charge in [-0.1, -0.05) is 12.1 Å². The summed E-state index contributed by atoms with van der Waals surface area (Å²) in [7, 11) is 1.63. The minimum absolute atomic E-state index is 0.408. The SMILES string of the molecule is COc1ccc(C)cc1NCC(O)c1cccnc1. The summed E-state index contributed by atoms with van der Waals surface area (Å²) in [6.07, 6.45) is 2.76. The van der Waals surface area contributed by atoms with E-state index in [1.807, 2.05) is 37.3 Å². The summed E-state index contributed by atoms with van der Waals surface area (Å²) in [4.78, 5) is 4.00. The predicted octanol–water partition coefficient (Wildman–Crippen LogP) is 2.54. The molecule has 0 aliphatic carbocycles. The van der Waals surface area contributed by atoms with Crippen molar-refractivity contribution in [2.75, 3.05) is 19.0 Å². The Balaban J connectivity index is 2.04. The lowest BCUT2D eigenvalue weighted by Crippen LogP contribution is -2.13. The fourth-order valence-electron chi connectivity index (χ4n) is 1.86. The number of anilines is 1. The second kappa shape index (κ2) is 6.20. The van der Waals surface area contributed by atoms with Crippen molar-refractivity contribution in [2.24, 2.45) is 0 Å². The fourth-order valence-corrected chi connectivity index (χ4v) is 1.86. The molecule has 0 radical (unpaired) electrons. The number of nitrogens with one attached hydrogen (secondary N) is 1. The van der Waals surface area contributed by atoms with Crippen LogP contribution in [0.15, 0.2) is 42.7 Å². The average molecular weight is 258 g/mol. The highest BCUT2D eigenvalue weighted by Crippen LogP contribution is 2.25. The first kappa shape index (κ1) is 13.4. The largest absolute Gasteiger partial charge is 0.495 e. The summed E-state index contributed by atoms with van der Waals surface area (Å²) in [6.45, 7) is 2.42. The maximum Gasteiger partial charge on any atom is 0.141 e. The molecule has 2 N–H and O–H groups in total. The van der Waals surface area contributed by atoms with Crippen molar-refractivity contribution in [1.82, 2.24) is 4.98 Å². The van der Waals surface area contributed by atoms with Crippen LogP contribution < -0.4 is 10.1 Å². The molecule has 1 aromatic carbocycles. The molecule has 0 spiro atoms. The molecular weight excluding hydrogens is 240 g/mol. The lowest BCUT2D eigenvalue weighted by atomic mass is 10.1. The lowest BCUT2D eigenvalue weighted by Gasteiger charge is -2.15. The van der Waals surface area contributed by atoms with E-state index in [0.29, 0.717) is 6.54 Å². The van der Waals surface area contributed by atoms with Gasteiger partial charge in [-0.05, 0) is 30.7 Å². The van der Waals surface area contributed by atoms with Crippen LogP contribution in [-0.4, -0.2) is 23.7 Å². The van der Waals surface area contributed by atoms with E-state index in [1.54, 1.807) is 19.5 Å². The summed E-state index contributed by atoms with van der Waals surface area (Å²) in [5, 5.41) is 13.3. The minimum Gasteiger partial charge on any atom is -0.495 e. The van der Waals surface area contributed by atoms with E-state index in [2.05, 4.69) is 10.3 Å². The molecule has 4 nitrogen and oxygen atoms in total. The molecule has 0 bridgehead atoms. The van der Waals surface area contributed by atoms with Crippen LogP contribution in [0, 0.1) is 6.92 Å². The molecule has 100 valence electrons. The van der Waals surface area contributed by atoms with Gasteiger partial charge in [0.2, 0.25) is 0 Å². The Kier molecular flexibility index (Phi) is 4.36. The molecule has 0 amide bonds. The average Bonchev–Trinajstić information content (AvgIpc) is 2.46. The highest BCUT2D eigenvalue weighted by Gasteiger charge is 2.09. The van der Waals surface area contributed by atoms with Crippen molar-refractivity contribution in [2.45, 2.75) is 13.0 Å². The number of hydrogen-bond acceptors (Lipinski definition) is 4. The third kappa shape index (κ3) is 3.45. The van der Waals surface area contributed by atoms with Gasteiger partial charge in [-0.2, -0.15) is 0 Å². The van der Waals surface area contributed by atoms with E-state index in [1.165, 1.54) is 0 Å². The molecule has 0 fully saturated rings. The van der Waals surface area contributed by atoms with Crippen molar-refractivity contribution in [1.29, 1.82) is 0 Å². The first-order chi connectivity index (χ1) is 9.20. The Bertz CT molecular complexity index is 529. The number of aromatic nitrogens is 1. The zero-order chi connectivity index (χ0) is 13.7. The van der Waals surface area contributed by atoms with Gasteiger partial charge in [0.25, 0.3) is 0 Å². The van der Waals surface area contributed by atoms with Crippen LogP contribution in [0.5, 0.6) is 5.75 Å². The molecule has 4 heteroatoms. The van der Waals surface area contributed by atoms with Gasteiger partial charge in [-0.15, -0.1) is 0 Å². The number of aryl methyl sites for hydroxylation is 1. The smallest absolute Gasteiger partial charge is 0.141 e. The molecule has 19 heavy (non-hydrogen) atoms. The zero-order valence-corrected chi connectivity index (χ0v) is 11.1. The van der Waals surface area contributed by atoms with E-state index >= 15 is 0 Å². The number of rotatable bonds is 5. The number of nitrogens with zero attached hydrogens (tertiary/aromatic N) is 1. The maximum absolute atomic E-state index is 10.1. The number of methoxy groups -OCH3 is 1. The van der Waals surface area contributed by atoms with Gasteiger partial charge in [-0.25, -0.2) is 0 Å². The summed E-state index contributed by atoms with van der Waals surface area (Å²) < 4.78 is 5.28. The van der Waals surface area contributed by atoms with E-state index in [0.717, 1.165) is 22.6 Å². The van der Waals surface area contributed by atoms with Crippen LogP contribution in [0.25, 0.3) is 0 Å². The normalized spacial score (nSPS) is 11.9. The Morgan fingerprint density at radius 2 is 2.21 bits per heavy atom. The van der Waals surface area contributed by atoms with E-state index in [4.69, 9.17) is 4.74 Å². The quantitative estimate of drug-likeness (QED) is 0.865. The summed E-state index contributed by atoms with van der Waals surface area (Å²) in [6, 6.07) is 9.56. The first-order valence-corrected chi connectivity index (χ1v) is 6.17. The Morgan fingerprint density at radius 3 is 2.89 bits per heavy atom. The molecule has 0 aliphatic rings. The number of hydrogen-bond donors (Lipinski definition) is 2. The Labute approximate surface area is 113 Å². The van der Waals surface area contributed by atoms with Gasteiger partial charge >= 0.3 is 0 Å². The molecule has 2 aromatic rings. The van der Waals surface area contributed by atoms with Crippen molar-refractivity contribution in [3.63, 3.8) is 0 Å². The van der Waals surface area contributed by atoms with Crippen LogP contribution in [0.3, 0.4) is 0 Å². The second-order valence-corrected chi connectivity index (χ2v) is 4.39. The standard InChI is InChI=1S/C15H18N2O2/c1-11-5-6-15(19-2)13(8-11)17-10-14(18)12-4-3-7-16-9-12/h3-9,14,17-18H,10H2,1-2H3. The van der Waals surface area contributed by atoms with Gasteiger partial charge in [0.05, 0.1) is 18.9 Å². The number of aliphatic hydroxyl groups excluding tert-OH is 1. The van der Waals surface area contributed by atoms with E-state index in [9.17, 15) is 5.11 Å². The van der Waals surface area contributed by atoms with Crippen LogP contribution in [0.1, 0.15) is 17.2 Å². The fraction of sp³-hybridized carbons (Fsp3) is 0.267. The maximum atomic E-state index is 10.1. The molecule has 1 atom stereocenters. The monoisotopic (exact) mass is 258 g/mol. The molecule has 1 unspecified atom stereocenters. The third-order valence-electron chi connectivity index (χ3n) is 2.91. The highest BCUT2D eigenvalue weighted by molar-refractivity contribution is 5.58. The van der Waals surface area contributed by atoms with Gasteiger partial charge in [0.15, 0.2) is 0 Å². The Morgan fingerprint density at radius 1 is 1.37 bits per heavy atom. The summed E-state index contributed by atoms with van der Waals surface area (Å²) in [5.74, 6) is 0.768. The number of aliphatic hydroxyl groups is 1. The molecule has 0 saturated carbocycles. The Hall–Kier alpha value is -2.07. The van der Waals surface area contributed by atoms with Gasteiger partial charge in [0, 0.05) is 24.5 Å². The van der Waals surface area contributed by atoms with Crippen molar-refractivity contribution >= 4 is 5.69 Å². The molecular formula is C15H18N2O2. The highest BCUT2D eigenvalue weighted by atomic mass is 16.5. The number of pyridine rings is 1. The topological polar surface area (TPSA) is 54.4 Å². The lowest BCUT2D eigenvalue weighted by molar-refractivity contribution is 0.191. The molecule has 0 saturated heterocycles. The van der Waals surface area contributed by atoms with Crippen molar-refractivity contribution < 1.29 is 9.84 Å².